The smallest absolute Gasteiger partial charge is 0.264 e. The van der Waals surface area contributed by atoms with Gasteiger partial charge in [-0.3, -0.25) is 14.5 Å². The van der Waals surface area contributed by atoms with Crippen LogP contribution in [0.4, 0.5) is 10.1 Å². The quantitative estimate of drug-likeness (QED) is 0.384. The van der Waals surface area contributed by atoms with Crippen molar-refractivity contribution in [3.8, 4) is 5.75 Å². The van der Waals surface area contributed by atoms with Crippen molar-refractivity contribution in [2.24, 2.45) is 0 Å². The van der Waals surface area contributed by atoms with E-state index < -0.39 is 21.7 Å². The number of aromatic nitrogens is 1. The number of ether oxygens (including phenoxy) is 1. The Kier molecular flexibility index (Phi) is 6.50. The molecule has 0 saturated carbocycles. The van der Waals surface area contributed by atoms with Gasteiger partial charge in [-0.15, -0.1) is 0 Å². The molecule has 1 heterocycles. The van der Waals surface area contributed by atoms with E-state index in [4.69, 9.17) is 4.74 Å². The third-order valence-corrected chi connectivity index (χ3v) is 6.15. The van der Waals surface area contributed by atoms with Gasteiger partial charge in [0.25, 0.3) is 15.9 Å². The zero-order valence-electron chi connectivity index (χ0n) is 17.4. The molecule has 0 radical (unpaired) electrons. The summed E-state index contributed by atoms with van der Waals surface area (Å²) in [6.45, 7) is 0.331. The van der Waals surface area contributed by atoms with Gasteiger partial charge < -0.3 is 10.1 Å². The minimum absolute atomic E-state index is 0.0486. The molecule has 7 nitrogen and oxygen atoms in total. The van der Waals surface area contributed by atoms with Crippen LogP contribution >= 0.6 is 0 Å². The number of para-hydroxylation sites is 2. The Morgan fingerprint density at radius 2 is 1.76 bits per heavy atom. The topological polar surface area (TPSA) is 97.4 Å². The van der Waals surface area contributed by atoms with Crippen LogP contribution < -0.4 is 14.8 Å². The average Bonchev–Trinajstić information content (AvgIpc) is 2.83. The first-order chi connectivity index (χ1) is 15.9. The lowest BCUT2D eigenvalue weighted by Gasteiger charge is -2.14. The number of nitrogens with one attached hydrogen (secondary N) is 2. The van der Waals surface area contributed by atoms with E-state index in [1.807, 2.05) is 18.2 Å². The van der Waals surface area contributed by atoms with E-state index >= 15 is 0 Å². The lowest BCUT2D eigenvalue weighted by Crippen LogP contribution is -2.29. The molecule has 33 heavy (non-hydrogen) atoms. The van der Waals surface area contributed by atoms with Crippen molar-refractivity contribution >= 4 is 32.5 Å². The van der Waals surface area contributed by atoms with Crippen molar-refractivity contribution in [1.29, 1.82) is 0 Å². The molecule has 0 aliphatic heterocycles. The molecule has 2 N–H and O–H groups in total. The highest BCUT2D eigenvalue weighted by molar-refractivity contribution is 7.93. The van der Waals surface area contributed by atoms with Gasteiger partial charge >= 0.3 is 0 Å². The Bertz CT molecular complexity index is 1390. The van der Waals surface area contributed by atoms with Gasteiger partial charge in [-0.05, 0) is 42.5 Å². The maximum atomic E-state index is 13.9. The third-order valence-electron chi connectivity index (χ3n) is 4.76. The Morgan fingerprint density at radius 1 is 0.970 bits per heavy atom. The summed E-state index contributed by atoms with van der Waals surface area (Å²) in [6, 6.07) is 20.5. The van der Waals surface area contributed by atoms with E-state index in [2.05, 4.69) is 15.0 Å². The van der Waals surface area contributed by atoms with Gasteiger partial charge in [-0.25, -0.2) is 12.8 Å². The van der Waals surface area contributed by atoms with Crippen molar-refractivity contribution in [3.05, 3.63) is 96.4 Å². The van der Waals surface area contributed by atoms with E-state index in [9.17, 15) is 17.6 Å². The molecule has 4 rings (SSSR count). The third kappa shape index (κ3) is 5.27. The van der Waals surface area contributed by atoms with E-state index in [-0.39, 0.29) is 29.3 Å². The number of rotatable bonds is 8. The molecule has 0 aliphatic rings. The van der Waals surface area contributed by atoms with Gasteiger partial charge in [-0.1, -0.05) is 36.4 Å². The molecule has 9 heteroatoms. The first kappa shape index (κ1) is 22.2. The number of fused-ring (bicyclic) bond motifs is 1. The first-order valence-corrected chi connectivity index (χ1v) is 11.5. The van der Waals surface area contributed by atoms with Gasteiger partial charge in [-0.2, -0.15) is 0 Å². The number of anilines is 1. The number of pyridine rings is 1. The standard InChI is InChI=1S/C24H20FN3O4S/c25-18-11-12-21(20(16-18)24(29)27-14-15-32-19-8-2-1-3-9-19)28-33(30,31)22-10-4-6-17-7-5-13-26-23(17)22/h1-13,16,28H,14-15H2,(H,27,29). The van der Waals surface area contributed by atoms with Crippen molar-refractivity contribution in [1.82, 2.24) is 10.3 Å². The predicted molar refractivity (Wildman–Crippen MR) is 123 cm³/mol. The summed E-state index contributed by atoms with van der Waals surface area (Å²) in [6.07, 6.45) is 1.50. The lowest BCUT2D eigenvalue weighted by atomic mass is 10.1. The fraction of sp³-hybridized carbons (Fsp3) is 0.0833. The van der Waals surface area contributed by atoms with E-state index in [0.717, 1.165) is 12.1 Å². The lowest BCUT2D eigenvalue weighted by molar-refractivity contribution is 0.0947. The fourth-order valence-corrected chi connectivity index (χ4v) is 4.49. The van der Waals surface area contributed by atoms with Crippen LogP contribution in [-0.4, -0.2) is 32.5 Å². The molecule has 0 saturated heterocycles. The summed E-state index contributed by atoms with van der Waals surface area (Å²) in [5.74, 6) is -0.662. The highest BCUT2D eigenvalue weighted by Gasteiger charge is 2.22. The molecule has 3 aromatic carbocycles. The van der Waals surface area contributed by atoms with E-state index in [1.165, 1.54) is 18.3 Å². The normalized spacial score (nSPS) is 11.2. The van der Waals surface area contributed by atoms with Gasteiger partial charge in [0.15, 0.2) is 0 Å². The van der Waals surface area contributed by atoms with Crippen molar-refractivity contribution in [2.45, 2.75) is 4.90 Å². The molecule has 1 aromatic heterocycles. The second-order valence-corrected chi connectivity index (χ2v) is 8.69. The number of amides is 1. The zero-order valence-corrected chi connectivity index (χ0v) is 18.2. The summed E-state index contributed by atoms with van der Waals surface area (Å²) >= 11 is 0. The maximum Gasteiger partial charge on any atom is 0.264 e. The molecule has 0 spiro atoms. The van der Waals surface area contributed by atoms with Gasteiger partial charge in [0.2, 0.25) is 0 Å². The van der Waals surface area contributed by atoms with Crippen LogP contribution in [-0.2, 0) is 10.0 Å². The Hall–Kier alpha value is -3.98. The molecule has 0 aliphatic carbocycles. The number of halogens is 1. The minimum atomic E-state index is -4.11. The van der Waals surface area contributed by atoms with Crippen LogP contribution in [0.3, 0.4) is 0 Å². The number of carbonyl (C=O) groups is 1. The van der Waals surface area contributed by atoms with Crippen LogP contribution in [0.5, 0.6) is 5.75 Å². The Labute approximate surface area is 190 Å². The second-order valence-electron chi connectivity index (χ2n) is 7.04. The summed E-state index contributed by atoms with van der Waals surface area (Å²) in [5, 5.41) is 3.26. The van der Waals surface area contributed by atoms with Crippen molar-refractivity contribution < 1.29 is 22.3 Å². The number of hydrogen-bond donors (Lipinski definition) is 2. The average molecular weight is 466 g/mol. The van der Waals surface area contributed by atoms with Crippen LogP contribution in [0, 0.1) is 5.82 Å². The van der Waals surface area contributed by atoms with Crippen LogP contribution in [0.25, 0.3) is 10.9 Å². The van der Waals surface area contributed by atoms with Crippen molar-refractivity contribution in [3.63, 3.8) is 0 Å². The number of benzene rings is 3. The van der Waals surface area contributed by atoms with E-state index in [0.29, 0.717) is 16.7 Å². The number of hydrogen-bond acceptors (Lipinski definition) is 5. The van der Waals surface area contributed by atoms with Gasteiger partial charge in [0.1, 0.15) is 23.1 Å². The maximum absolute atomic E-state index is 13.9. The molecule has 0 fully saturated rings. The van der Waals surface area contributed by atoms with Gasteiger partial charge in [0.05, 0.1) is 23.3 Å². The SMILES string of the molecule is O=C(NCCOc1ccccc1)c1cc(F)ccc1NS(=O)(=O)c1cccc2cccnc12. The molecular weight excluding hydrogens is 445 g/mol. The van der Waals surface area contributed by atoms with Gasteiger partial charge in [0, 0.05) is 11.6 Å². The zero-order chi connectivity index (χ0) is 23.3. The second kappa shape index (κ2) is 9.66. The van der Waals surface area contributed by atoms with Crippen molar-refractivity contribution in [2.75, 3.05) is 17.9 Å². The van der Waals surface area contributed by atoms with Crippen LogP contribution in [0.15, 0.2) is 90.0 Å². The fourth-order valence-electron chi connectivity index (χ4n) is 3.23. The summed E-state index contributed by atoms with van der Waals surface area (Å²) in [5.41, 5.74) is 0.0935. The Balaban J connectivity index is 1.52. The molecular formula is C24H20FN3O4S. The number of nitrogens with zero attached hydrogens (tertiary/aromatic N) is 1. The Morgan fingerprint density at radius 3 is 2.58 bits per heavy atom. The predicted octanol–water partition coefficient (Wildman–Crippen LogP) is 3.98. The monoisotopic (exact) mass is 465 g/mol. The summed E-state index contributed by atoms with van der Waals surface area (Å²) < 4.78 is 48.0. The molecule has 168 valence electrons. The molecule has 4 aromatic rings. The highest BCUT2D eigenvalue weighted by Crippen LogP contribution is 2.25. The van der Waals surface area contributed by atoms with Crippen LogP contribution in [0.2, 0.25) is 0 Å². The summed E-state index contributed by atoms with van der Waals surface area (Å²) in [7, 11) is -4.11. The van der Waals surface area contributed by atoms with Crippen LogP contribution in [0.1, 0.15) is 10.4 Å². The molecule has 0 atom stereocenters. The molecule has 0 unspecified atom stereocenters. The molecule has 0 bridgehead atoms. The minimum Gasteiger partial charge on any atom is -0.492 e. The largest absolute Gasteiger partial charge is 0.492 e. The van der Waals surface area contributed by atoms with E-state index in [1.54, 1.807) is 36.4 Å². The number of carbonyl (C=O) groups excluding carboxylic acids is 1. The summed E-state index contributed by atoms with van der Waals surface area (Å²) in [4.78, 5) is 16.8. The highest BCUT2D eigenvalue weighted by atomic mass is 32.2. The number of sulfonamides is 1. The first-order valence-electron chi connectivity index (χ1n) is 10.1. The molecule has 1 amide bonds.